The first kappa shape index (κ1) is 12.7. The molecule has 0 radical (unpaired) electrons. The second-order valence-corrected chi connectivity index (χ2v) is 5.03. The summed E-state index contributed by atoms with van der Waals surface area (Å²) in [6.07, 6.45) is 3.16. The van der Waals surface area contributed by atoms with E-state index in [-0.39, 0.29) is 0 Å². The van der Waals surface area contributed by atoms with E-state index in [1.165, 1.54) is 12.8 Å². The molecule has 0 unspecified atom stereocenters. The molecule has 0 rings (SSSR count). The minimum atomic E-state index is 0.339. The Morgan fingerprint density at radius 3 is 1.62 bits per heavy atom. The maximum Gasteiger partial charge on any atom is 0.130 e. The van der Waals surface area contributed by atoms with E-state index >= 15 is 0 Å². The van der Waals surface area contributed by atoms with Crippen molar-refractivity contribution < 1.29 is 4.79 Å². The lowest BCUT2D eigenvalue weighted by Gasteiger charge is -2.19. The van der Waals surface area contributed by atoms with Gasteiger partial charge in [0.15, 0.2) is 0 Å². The molecular weight excluding hydrogens is 160 g/mol. The van der Waals surface area contributed by atoms with Crippen LogP contribution in [0.2, 0.25) is 0 Å². The van der Waals surface area contributed by atoms with Gasteiger partial charge in [0.25, 0.3) is 0 Å². The largest absolute Gasteiger partial charge is 0.300 e. The number of hydrogen-bond acceptors (Lipinski definition) is 1. The molecule has 0 spiro atoms. The lowest BCUT2D eigenvalue weighted by molar-refractivity contribution is -0.118. The lowest BCUT2D eigenvalue weighted by atomic mass is 9.86. The van der Waals surface area contributed by atoms with E-state index in [0.717, 1.165) is 6.42 Å². The second-order valence-electron chi connectivity index (χ2n) is 5.03. The molecule has 0 fully saturated rings. The van der Waals surface area contributed by atoms with Crippen LogP contribution in [0.4, 0.5) is 0 Å². The van der Waals surface area contributed by atoms with Crippen molar-refractivity contribution in [3.05, 3.63) is 0 Å². The van der Waals surface area contributed by atoms with Gasteiger partial charge in [-0.25, -0.2) is 0 Å². The molecule has 0 aliphatic heterocycles. The van der Waals surface area contributed by atoms with Gasteiger partial charge in [-0.3, -0.25) is 0 Å². The van der Waals surface area contributed by atoms with Crippen molar-refractivity contribution in [3.8, 4) is 0 Å². The zero-order chi connectivity index (χ0) is 10.4. The van der Waals surface area contributed by atoms with Crippen LogP contribution >= 0.6 is 0 Å². The third-order valence-corrected chi connectivity index (χ3v) is 2.19. The molecule has 0 saturated heterocycles. The average molecular weight is 184 g/mol. The number of carbonyl (C=O) groups excluding carboxylic acids is 1. The lowest BCUT2D eigenvalue weighted by Crippen LogP contribution is -2.11. The number of Topliss-reactive ketones (excluding diaryl/α,β-unsaturated/α-hetero) is 1. The highest BCUT2D eigenvalue weighted by molar-refractivity contribution is 5.75. The van der Waals surface area contributed by atoms with Crippen molar-refractivity contribution in [2.24, 2.45) is 17.8 Å². The summed E-state index contributed by atoms with van der Waals surface area (Å²) in [5, 5.41) is 0. The van der Waals surface area contributed by atoms with E-state index in [4.69, 9.17) is 0 Å². The monoisotopic (exact) mass is 184 g/mol. The van der Waals surface area contributed by atoms with Gasteiger partial charge in [-0.15, -0.1) is 0 Å². The summed E-state index contributed by atoms with van der Waals surface area (Å²) in [5.74, 6) is 2.37. The normalized spacial score (nSPS) is 11.7. The molecule has 1 heteroatoms. The maximum absolute atomic E-state index is 11.0. The van der Waals surface area contributed by atoms with Gasteiger partial charge in [-0.2, -0.15) is 0 Å². The third kappa shape index (κ3) is 8.01. The second kappa shape index (κ2) is 6.17. The van der Waals surface area contributed by atoms with Crippen molar-refractivity contribution in [3.63, 3.8) is 0 Å². The van der Waals surface area contributed by atoms with Gasteiger partial charge in [0.1, 0.15) is 5.78 Å². The molecule has 0 atom stereocenters. The quantitative estimate of drug-likeness (QED) is 0.615. The Morgan fingerprint density at radius 2 is 1.38 bits per heavy atom. The van der Waals surface area contributed by atoms with Crippen molar-refractivity contribution in [2.45, 2.75) is 53.9 Å². The van der Waals surface area contributed by atoms with Crippen LogP contribution in [0.25, 0.3) is 0 Å². The van der Waals surface area contributed by atoms with Crippen LogP contribution in [-0.2, 0) is 4.79 Å². The molecule has 0 heterocycles. The zero-order valence-electron chi connectivity index (χ0n) is 9.76. The van der Waals surface area contributed by atoms with Gasteiger partial charge in [0, 0.05) is 6.42 Å². The summed E-state index contributed by atoms with van der Waals surface area (Å²) in [6, 6.07) is 0. The zero-order valence-corrected chi connectivity index (χ0v) is 9.76. The number of rotatable bonds is 6. The third-order valence-electron chi connectivity index (χ3n) is 2.19. The Morgan fingerprint density at radius 1 is 1.00 bits per heavy atom. The number of ketones is 1. The Kier molecular flexibility index (Phi) is 6.02. The first-order valence-electron chi connectivity index (χ1n) is 5.41. The van der Waals surface area contributed by atoms with Crippen LogP contribution in [0.15, 0.2) is 0 Å². The van der Waals surface area contributed by atoms with Crippen molar-refractivity contribution in [1.82, 2.24) is 0 Å². The fraction of sp³-hybridized carbons (Fsp3) is 0.917. The molecular formula is C12H24O. The van der Waals surface area contributed by atoms with Gasteiger partial charge in [0.2, 0.25) is 0 Å². The van der Waals surface area contributed by atoms with Gasteiger partial charge in [0.05, 0.1) is 0 Å². The van der Waals surface area contributed by atoms with E-state index < -0.39 is 0 Å². The van der Waals surface area contributed by atoms with E-state index in [0.29, 0.717) is 23.5 Å². The highest BCUT2D eigenvalue weighted by atomic mass is 16.1. The van der Waals surface area contributed by atoms with Crippen LogP contribution in [0, 0.1) is 17.8 Å². The summed E-state index contributed by atoms with van der Waals surface area (Å²) < 4.78 is 0. The molecule has 13 heavy (non-hydrogen) atoms. The van der Waals surface area contributed by atoms with Crippen LogP contribution in [-0.4, -0.2) is 5.78 Å². The first-order valence-corrected chi connectivity index (χ1v) is 5.41. The van der Waals surface area contributed by atoms with Crippen molar-refractivity contribution >= 4 is 5.78 Å². The topological polar surface area (TPSA) is 17.1 Å². The predicted molar refractivity (Wildman–Crippen MR) is 57.7 cm³/mol. The van der Waals surface area contributed by atoms with Crippen molar-refractivity contribution in [1.29, 1.82) is 0 Å². The Bertz CT molecular complexity index is 137. The average Bonchev–Trinajstić information content (AvgIpc) is 1.80. The van der Waals surface area contributed by atoms with E-state index in [1.54, 1.807) is 6.92 Å². The van der Waals surface area contributed by atoms with Crippen LogP contribution < -0.4 is 0 Å². The standard InChI is InChI=1S/C12H24O/c1-9(2)6-12(7-10(3)4)8-11(5)13/h9-10,12H,6-8H2,1-5H3. The summed E-state index contributed by atoms with van der Waals surface area (Å²) in [6.45, 7) is 10.6. The van der Waals surface area contributed by atoms with Gasteiger partial charge >= 0.3 is 0 Å². The van der Waals surface area contributed by atoms with E-state index in [2.05, 4.69) is 27.7 Å². The van der Waals surface area contributed by atoms with Crippen LogP contribution in [0.1, 0.15) is 53.9 Å². The molecule has 0 bridgehead atoms. The van der Waals surface area contributed by atoms with Crippen LogP contribution in [0.3, 0.4) is 0 Å². The molecule has 0 aromatic carbocycles. The molecule has 0 aliphatic rings. The smallest absolute Gasteiger partial charge is 0.130 e. The fourth-order valence-electron chi connectivity index (χ4n) is 2.00. The fourth-order valence-corrected chi connectivity index (χ4v) is 2.00. The van der Waals surface area contributed by atoms with E-state index in [1.807, 2.05) is 0 Å². The summed E-state index contributed by atoms with van der Waals surface area (Å²) >= 11 is 0. The molecule has 0 aliphatic carbocycles. The summed E-state index contributed by atoms with van der Waals surface area (Å²) in [4.78, 5) is 11.0. The molecule has 0 aromatic heterocycles. The highest BCUT2D eigenvalue weighted by Gasteiger charge is 2.14. The van der Waals surface area contributed by atoms with Gasteiger partial charge in [-0.1, -0.05) is 27.7 Å². The minimum Gasteiger partial charge on any atom is -0.300 e. The molecule has 1 nitrogen and oxygen atoms in total. The first-order chi connectivity index (χ1) is 5.91. The molecule has 0 aromatic rings. The van der Waals surface area contributed by atoms with E-state index in [9.17, 15) is 4.79 Å². The van der Waals surface area contributed by atoms with Gasteiger partial charge < -0.3 is 4.79 Å². The molecule has 78 valence electrons. The Hall–Kier alpha value is -0.330. The Balaban J connectivity index is 3.95. The molecule has 0 amide bonds. The summed E-state index contributed by atoms with van der Waals surface area (Å²) in [5.41, 5.74) is 0. The Labute approximate surface area is 82.9 Å². The maximum atomic E-state index is 11.0. The summed E-state index contributed by atoms with van der Waals surface area (Å²) in [7, 11) is 0. The van der Waals surface area contributed by atoms with Crippen LogP contribution in [0.5, 0.6) is 0 Å². The number of carbonyl (C=O) groups is 1. The predicted octanol–water partition coefficient (Wildman–Crippen LogP) is 3.67. The highest BCUT2D eigenvalue weighted by Crippen LogP contribution is 2.23. The molecule has 0 saturated carbocycles. The SMILES string of the molecule is CC(=O)CC(CC(C)C)CC(C)C. The number of hydrogen-bond donors (Lipinski definition) is 0. The minimum absolute atomic E-state index is 0.339. The molecule has 0 N–H and O–H groups in total. The van der Waals surface area contributed by atoms with Gasteiger partial charge in [-0.05, 0) is 37.5 Å². The van der Waals surface area contributed by atoms with Crippen molar-refractivity contribution in [2.75, 3.05) is 0 Å².